The predicted molar refractivity (Wildman–Crippen MR) is 89.2 cm³/mol. The van der Waals surface area contributed by atoms with Crippen LogP contribution >= 0.6 is 15.9 Å². The SMILES string of the molecule is CC1(c2ccccc2)OCC=C1S(=O)(=O)c1ccc(Br)cc1. The molecule has 0 bridgehead atoms. The second-order valence-corrected chi connectivity index (χ2v) is 8.07. The summed E-state index contributed by atoms with van der Waals surface area (Å²) < 4.78 is 32.6. The zero-order valence-electron chi connectivity index (χ0n) is 12.0. The first-order valence-electron chi connectivity index (χ1n) is 6.85. The van der Waals surface area contributed by atoms with E-state index < -0.39 is 15.4 Å². The molecule has 0 aromatic heterocycles. The van der Waals surface area contributed by atoms with Gasteiger partial charge in [-0.25, -0.2) is 8.42 Å². The van der Waals surface area contributed by atoms with Gasteiger partial charge in [-0.2, -0.15) is 0 Å². The number of rotatable bonds is 3. The Balaban J connectivity index is 2.08. The number of hydrogen-bond donors (Lipinski definition) is 0. The van der Waals surface area contributed by atoms with Gasteiger partial charge in [0.1, 0.15) is 5.60 Å². The van der Waals surface area contributed by atoms with E-state index in [1.165, 1.54) is 0 Å². The third kappa shape index (κ3) is 2.53. The van der Waals surface area contributed by atoms with Gasteiger partial charge in [-0.15, -0.1) is 0 Å². The molecule has 1 aliphatic rings. The highest BCUT2D eigenvalue weighted by Crippen LogP contribution is 2.42. The van der Waals surface area contributed by atoms with Crippen LogP contribution in [0.5, 0.6) is 0 Å². The Bertz CT molecular complexity index is 811. The van der Waals surface area contributed by atoms with Crippen molar-refractivity contribution >= 4 is 25.8 Å². The standard InChI is InChI=1S/C17H15BrO3S/c1-17(13-5-3-2-4-6-13)16(11-12-21-17)22(19,20)15-9-7-14(18)8-10-15/h2-11H,12H2,1H3. The van der Waals surface area contributed by atoms with Crippen LogP contribution in [0.4, 0.5) is 0 Å². The smallest absolute Gasteiger partial charge is 0.205 e. The van der Waals surface area contributed by atoms with E-state index in [0.29, 0.717) is 4.91 Å². The monoisotopic (exact) mass is 378 g/mol. The van der Waals surface area contributed by atoms with E-state index in [4.69, 9.17) is 4.74 Å². The first kappa shape index (κ1) is 15.5. The fourth-order valence-corrected chi connectivity index (χ4v) is 4.63. The van der Waals surface area contributed by atoms with Gasteiger partial charge in [-0.1, -0.05) is 46.3 Å². The van der Waals surface area contributed by atoms with Gasteiger partial charge >= 0.3 is 0 Å². The van der Waals surface area contributed by atoms with Crippen molar-refractivity contribution in [3.05, 3.63) is 75.6 Å². The normalized spacial score (nSPS) is 21.6. The summed E-state index contributed by atoms with van der Waals surface area (Å²) in [4.78, 5) is 0.572. The topological polar surface area (TPSA) is 43.4 Å². The minimum absolute atomic E-state index is 0.273. The van der Waals surface area contributed by atoms with Crippen LogP contribution in [-0.4, -0.2) is 15.0 Å². The number of benzene rings is 2. The molecule has 0 spiro atoms. The van der Waals surface area contributed by atoms with Crippen molar-refractivity contribution in [1.29, 1.82) is 0 Å². The Morgan fingerprint density at radius 2 is 1.68 bits per heavy atom. The van der Waals surface area contributed by atoms with Crippen LogP contribution in [-0.2, 0) is 20.2 Å². The zero-order chi connectivity index (χ0) is 15.8. The molecule has 1 heterocycles. The van der Waals surface area contributed by atoms with Crippen LogP contribution in [0.2, 0.25) is 0 Å². The highest BCUT2D eigenvalue weighted by atomic mass is 79.9. The van der Waals surface area contributed by atoms with Crippen LogP contribution < -0.4 is 0 Å². The van der Waals surface area contributed by atoms with Crippen molar-refractivity contribution in [3.8, 4) is 0 Å². The number of sulfone groups is 1. The molecule has 0 saturated carbocycles. The van der Waals surface area contributed by atoms with Crippen molar-refractivity contribution in [2.45, 2.75) is 17.4 Å². The Morgan fingerprint density at radius 3 is 2.32 bits per heavy atom. The van der Waals surface area contributed by atoms with Crippen LogP contribution in [0.15, 0.2) is 74.9 Å². The molecule has 1 atom stereocenters. The van der Waals surface area contributed by atoms with Gasteiger partial charge in [0.25, 0.3) is 0 Å². The first-order chi connectivity index (χ1) is 10.4. The third-order valence-corrected chi connectivity index (χ3v) is 6.41. The molecule has 2 aromatic rings. The Morgan fingerprint density at radius 1 is 1.05 bits per heavy atom. The van der Waals surface area contributed by atoms with Gasteiger partial charge in [0, 0.05) is 4.47 Å². The fraction of sp³-hybridized carbons (Fsp3) is 0.176. The van der Waals surface area contributed by atoms with E-state index in [0.717, 1.165) is 10.0 Å². The zero-order valence-corrected chi connectivity index (χ0v) is 14.4. The molecular formula is C17H15BrO3S. The average molecular weight is 379 g/mol. The Kier molecular flexibility index (Phi) is 3.97. The van der Waals surface area contributed by atoms with Gasteiger partial charge in [-0.3, -0.25) is 0 Å². The Hall–Kier alpha value is -1.43. The fourth-order valence-electron chi connectivity index (χ4n) is 2.64. The van der Waals surface area contributed by atoms with Crippen LogP contribution in [0.1, 0.15) is 12.5 Å². The largest absolute Gasteiger partial charge is 0.361 e. The number of ether oxygens (including phenoxy) is 1. The lowest BCUT2D eigenvalue weighted by Crippen LogP contribution is -2.28. The molecule has 5 heteroatoms. The summed E-state index contributed by atoms with van der Waals surface area (Å²) in [5, 5.41) is 0. The highest BCUT2D eigenvalue weighted by molar-refractivity contribution is 9.10. The average Bonchev–Trinajstić information content (AvgIpc) is 2.93. The summed E-state index contributed by atoms with van der Waals surface area (Å²) in [7, 11) is -3.60. The first-order valence-corrected chi connectivity index (χ1v) is 9.13. The van der Waals surface area contributed by atoms with Crippen molar-refractivity contribution < 1.29 is 13.2 Å². The number of hydrogen-bond acceptors (Lipinski definition) is 3. The van der Waals surface area contributed by atoms with Crippen LogP contribution in [0.3, 0.4) is 0 Å². The molecule has 0 fully saturated rings. The molecule has 0 amide bonds. The molecule has 1 unspecified atom stereocenters. The van der Waals surface area contributed by atoms with Gasteiger partial charge in [0.2, 0.25) is 9.84 Å². The summed E-state index contributed by atoms with van der Waals surface area (Å²) in [6, 6.07) is 16.1. The molecule has 0 N–H and O–H groups in total. The molecule has 0 radical (unpaired) electrons. The van der Waals surface area contributed by atoms with E-state index in [-0.39, 0.29) is 11.5 Å². The van der Waals surface area contributed by atoms with Gasteiger partial charge < -0.3 is 4.74 Å². The van der Waals surface area contributed by atoms with Gasteiger partial charge in [0.05, 0.1) is 16.4 Å². The molecule has 3 nitrogen and oxygen atoms in total. The Labute approximate surface area is 138 Å². The highest BCUT2D eigenvalue weighted by Gasteiger charge is 2.43. The third-order valence-electron chi connectivity index (χ3n) is 3.85. The summed E-state index contributed by atoms with van der Waals surface area (Å²) in [6.07, 6.45) is 1.66. The van der Waals surface area contributed by atoms with E-state index in [1.807, 2.05) is 30.3 Å². The second kappa shape index (κ2) is 5.65. The quantitative estimate of drug-likeness (QED) is 0.808. The molecule has 1 aliphatic heterocycles. The molecule has 3 rings (SSSR count). The summed E-state index contributed by atoms with van der Waals surface area (Å²) in [5.74, 6) is 0. The minimum atomic E-state index is -3.60. The summed E-state index contributed by atoms with van der Waals surface area (Å²) in [5.41, 5.74) is -0.118. The van der Waals surface area contributed by atoms with E-state index in [9.17, 15) is 8.42 Å². The van der Waals surface area contributed by atoms with E-state index in [2.05, 4.69) is 15.9 Å². The predicted octanol–water partition coefficient (Wildman–Crippen LogP) is 4.05. The van der Waals surface area contributed by atoms with E-state index >= 15 is 0 Å². The van der Waals surface area contributed by atoms with Crippen LogP contribution in [0, 0.1) is 0 Å². The molecule has 114 valence electrons. The maximum absolute atomic E-state index is 13.0. The maximum Gasteiger partial charge on any atom is 0.205 e. The van der Waals surface area contributed by atoms with Gasteiger partial charge in [0.15, 0.2) is 0 Å². The summed E-state index contributed by atoms with van der Waals surface area (Å²) in [6.45, 7) is 2.09. The molecular weight excluding hydrogens is 364 g/mol. The summed E-state index contributed by atoms with van der Waals surface area (Å²) >= 11 is 3.32. The lowest BCUT2D eigenvalue weighted by molar-refractivity contribution is 0.0358. The van der Waals surface area contributed by atoms with Crippen molar-refractivity contribution in [3.63, 3.8) is 0 Å². The molecule has 22 heavy (non-hydrogen) atoms. The van der Waals surface area contributed by atoms with Crippen molar-refractivity contribution in [2.75, 3.05) is 6.61 Å². The number of halogens is 1. The lowest BCUT2D eigenvalue weighted by atomic mass is 9.96. The molecule has 2 aromatic carbocycles. The van der Waals surface area contributed by atoms with Crippen LogP contribution in [0.25, 0.3) is 0 Å². The van der Waals surface area contributed by atoms with E-state index in [1.54, 1.807) is 37.3 Å². The lowest BCUT2D eigenvalue weighted by Gasteiger charge is -2.27. The maximum atomic E-state index is 13.0. The minimum Gasteiger partial charge on any atom is -0.361 e. The van der Waals surface area contributed by atoms with Crippen molar-refractivity contribution in [2.24, 2.45) is 0 Å². The van der Waals surface area contributed by atoms with Crippen molar-refractivity contribution in [1.82, 2.24) is 0 Å². The molecule has 0 saturated heterocycles. The molecule has 0 aliphatic carbocycles. The second-order valence-electron chi connectivity index (χ2n) is 5.24. The van der Waals surface area contributed by atoms with Gasteiger partial charge in [-0.05, 0) is 42.8 Å².